The molecule has 1 aliphatic rings. The van der Waals surface area contributed by atoms with Gasteiger partial charge in [-0.15, -0.1) is 12.3 Å². The molecular formula is C9H13NO. The Kier molecular flexibility index (Phi) is 2.97. The van der Waals surface area contributed by atoms with E-state index >= 15 is 0 Å². The maximum atomic E-state index is 11.0. The molecule has 0 spiro atoms. The van der Waals surface area contributed by atoms with Gasteiger partial charge in [-0.05, 0) is 19.3 Å². The van der Waals surface area contributed by atoms with Gasteiger partial charge in [0.25, 0.3) is 0 Å². The van der Waals surface area contributed by atoms with Gasteiger partial charge in [0, 0.05) is 18.9 Å². The molecule has 1 rings (SSSR count). The van der Waals surface area contributed by atoms with Crippen LogP contribution in [0.3, 0.4) is 0 Å². The first-order valence-electron chi connectivity index (χ1n) is 4.06. The normalized spacial score (nSPS) is 15.5. The number of carbonyl (C=O) groups is 1. The lowest BCUT2D eigenvalue weighted by atomic mass is 10.3. The van der Waals surface area contributed by atoms with Crippen molar-refractivity contribution >= 4 is 5.91 Å². The van der Waals surface area contributed by atoms with Crippen LogP contribution in [-0.2, 0) is 4.79 Å². The highest BCUT2D eigenvalue weighted by atomic mass is 16.2. The lowest BCUT2D eigenvalue weighted by Crippen LogP contribution is -2.25. The van der Waals surface area contributed by atoms with E-state index < -0.39 is 0 Å². The van der Waals surface area contributed by atoms with Crippen LogP contribution in [0.4, 0.5) is 0 Å². The van der Waals surface area contributed by atoms with Gasteiger partial charge in [0.15, 0.2) is 0 Å². The minimum Gasteiger partial charge on any atom is -0.356 e. The molecule has 1 amide bonds. The highest BCUT2D eigenvalue weighted by molar-refractivity contribution is 5.80. The summed E-state index contributed by atoms with van der Waals surface area (Å²) in [7, 11) is 0. The van der Waals surface area contributed by atoms with Gasteiger partial charge in [-0.25, -0.2) is 0 Å². The summed E-state index contributed by atoms with van der Waals surface area (Å²) < 4.78 is 0. The third-order valence-electron chi connectivity index (χ3n) is 1.75. The van der Waals surface area contributed by atoms with Gasteiger partial charge in [0.05, 0.1) is 0 Å². The van der Waals surface area contributed by atoms with E-state index in [2.05, 4.69) is 11.2 Å². The van der Waals surface area contributed by atoms with Crippen molar-refractivity contribution in [3.63, 3.8) is 0 Å². The molecular weight excluding hydrogens is 138 g/mol. The van der Waals surface area contributed by atoms with E-state index in [1.807, 2.05) is 0 Å². The Hall–Kier alpha value is -0.970. The Morgan fingerprint density at radius 3 is 2.91 bits per heavy atom. The summed E-state index contributed by atoms with van der Waals surface area (Å²) in [6.07, 6.45) is 8.85. The first-order chi connectivity index (χ1) is 5.34. The second-order valence-electron chi connectivity index (χ2n) is 2.87. The molecule has 1 aliphatic carbocycles. The molecule has 0 aromatic heterocycles. The molecule has 0 aromatic carbocycles. The van der Waals surface area contributed by atoms with Crippen molar-refractivity contribution in [1.82, 2.24) is 5.32 Å². The van der Waals surface area contributed by atoms with Crippen molar-refractivity contribution in [3.05, 3.63) is 0 Å². The molecule has 0 saturated heterocycles. The van der Waals surface area contributed by atoms with E-state index in [9.17, 15) is 4.79 Å². The monoisotopic (exact) mass is 151 g/mol. The smallest absolute Gasteiger partial charge is 0.223 e. The zero-order valence-electron chi connectivity index (χ0n) is 6.60. The van der Waals surface area contributed by atoms with Crippen molar-refractivity contribution < 1.29 is 4.79 Å². The number of hydrogen-bond donors (Lipinski definition) is 1. The Bertz CT molecular complexity index is 176. The number of carbonyl (C=O) groups excluding carboxylic acids is 1. The molecule has 0 aliphatic heterocycles. The van der Waals surface area contributed by atoms with Crippen LogP contribution >= 0.6 is 0 Å². The van der Waals surface area contributed by atoms with Gasteiger partial charge in [0.1, 0.15) is 0 Å². The van der Waals surface area contributed by atoms with Crippen LogP contribution in [0.1, 0.15) is 25.7 Å². The third kappa shape index (κ3) is 3.08. The van der Waals surface area contributed by atoms with E-state index in [0.29, 0.717) is 5.92 Å². The van der Waals surface area contributed by atoms with Gasteiger partial charge >= 0.3 is 0 Å². The zero-order chi connectivity index (χ0) is 8.10. The summed E-state index contributed by atoms with van der Waals surface area (Å²) in [6.45, 7) is 0.736. The van der Waals surface area contributed by atoms with Crippen molar-refractivity contribution in [1.29, 1.82) is 0 Å². The average Bonchev–Trinajstić information content (AvgIpc) is 2.79. The second-order valence-corrected chi connectivity index (χ2v) is 2.87. The number of terminal acetylenes is 1. The minimum absolute atomic E-state index is 0.210. The standard InChI is InChI=1S/C9H13NO/c1-2-3-4-7-10-9(11)8-5-6-8/h1,8H,3-7H2,(H,10,11). The molecule has 0 aromatic rings. The van der Waals surface area contributed by atoms with Crippen LogP contribution < -0.4 is 5.32 Å². The minimum atomic E-state index is 0.210. The predicted octanol–water partition coefficient (Wildman–Crippen LogP) is 0.926. The van der Waals surface area contributed by atoms with Crippen LogP contribution in [0.15, 0.2) is 0 Å². The molecule has 0 heterocycles. The maximum Gasteiger partial charge on any atom is 0.223 e. The van der Waals surface area contributed by atoms with E-state index in [4.69, 9.17) is 6.42 Å². The second kappa shape index (κ2) is 4.02. The van der Waals surface area contributed by atoms with Gasteiger partial charge in [-0.1, -0.05) is 0 Å². The largest absolute Gasteiger partial charge is 0.356 e. The summed E-state index contributed by atoms with van der Waals surface area (Å²) in [4.78, 5) is 11.0. The zero-order valence-corrected chi connectivity index (χ0v) is 6.60. The Morgan fingerprint density at radius 1 is 1.64 bits per heavy atom. The molecule has 1 fully saturated rings. The average molecular weight is 151 g/mol. The van der Waals surface area contributed by atoms with Crippen LogP contribution in [0, 0.1) is 18.3 Å². The quantitative estimate of drug-likeness (QED) is 0.470. The fourth-order valence-corrected chi connectivity index (χ4v) is 0.892. The summed E-state index contributed by atoms with van der Waals surface area (Å²) in [5.74, 6) is 3.07. The van der Waals surface area contributed by atoms with Gasteiger partial charge in [-0.3, -0.25) is 4.79 Å². The highest BCUT2D eigenvalue weighted by Gasteiger charge is 2.28. The fourth-order valence-electron chi connectivity index (χ4n) is 0.892. The lowest BCUT2D eigenvalue weighted by molar-refractivity contribution is -0.122. The summed E-state index contributed by atoms with van der Waals surface area (Å²) in [6, 6.07) is 0. The van der Waals surface area contributed by atoms with Gasteiger partial charge in [0.2, 0.25) is 5.91 Å². The third-order valence-corrected chi connectivity index (χ3v) is 1.75. The van der Waals surface area contributed by atoms with Gasteiger partial charge in [-0.2, -0.15) is 0 Å². The molecule has 1 N–H and O–H groups in total. The molecule has 2 nitrogen and oxygen atoms in total. The van der Waals surface area contributed by atoms with Crippen molar-refractivity contribution in [2.75, 3.05) is 6.54 Å². The summed E-state index contributed by atoms with van der Waals surface area (Å²) in [5, 5.41) is 2.84. The SMILES string of the molecule is C#CCCCNC(=O)C1CC1. The summed E-state index contributed by atoms with van der Waals surface area (Å²) >= 11 is 0. The molecule has 0 bridgehead atoms. The Labute approximate surface area is 67.4 Å². The molecule has 1 saturated carbocycles. The van der Waals surface area contributed by atoms with E-state index in [1.165, 1.54) is 0 Å². The Morgan fingerprint density at radius 2 is 2.36 bits per heavy atom. The fraction of sp³-hybridized carbons (Fsp3) is 0.667. The van der Waals surface area contributed by atoms with Crippen LogP contribution in [0.25, 0.3) is 0 Å². The van der Waals surface area contributed by atoms with E-state index in [1.54, 1.807) is 0 Å². The molecule has 2 heteroatoms. The molecule has 11 heavy (non-hydrogen) atoms. The number of rotatable bonds is 4. The first kappa shape index (κ1) is 8.13. The van der Waals surface area contributed by atoms with Crippen LogP contribution in [-0.4, -0.2) is 12.5 Å². The van der Waals surface area contributed by atoms with Gasteiger partial charge < -0.3 is 5.32 Å². The molecule has 0 radical (unpaired) electrons. The number of amides is 1. The van der Waals surface area contributed by atoms with Crippen molar-refractivity contribution in [3.8, 4) is 12.3 Å². The van der Waals surface area contributed by atoms with Crippen molar-refractivity contribution in [2.45, 2.75) is 25.7 Å². The number of hydrogen-bond acceptors (Lipinski definition) is 1. The van der Waals surface area contributed by atoms with Crippen LogP contribution in [0.5, 0.6) is 0 Å². The number of unbranched alkanes of at least 4 members (excludes halogenated alkanes) is 1. The van der Waals surface area contributed by atoms with Crippen LogP contribution in [0.2, 0.25) is 0 Å². The number of nitrogens with one attached hydrogen (secondary N) is 1. The molecule has 0 atom stereocenters. The lowest BCUT2D eigenvalue weighted by Gasteiger charge is -2.00. The molecule has 60 valence electrons. The molecule has 0 unspecified atom stereocenters. The topological polar surface area (TPSA) is 29.1 Å². The highest BCUT2D eigenvalue weighted by Crippen LogP contribution is 2.28. The Balaban J connectivity index is 1.94. The summed E-state index contributed by atoms with van der Waals surface area (Å²) in [5.41, 5.74) is 0. The van der Waals surface area contributed by atoms with Crippen molar-refractivity contribution in [2.24, 2.45) is 5.92 Å². The van der Waals surface area contributed by atoms with E-state index in [0.717, 1.165) is 32.2 Å². The first-order valence-corrected chi connectivity index (χ1v) is 4.06. The predicted molar refractivity (Wildman–Crippen MR) is 43.8 cm³/mol. The van der Waals surface area contributed by atoms with E-state index in [-0.39, 0.29) is 5.91 Å². The maximum absolute atomic E-state index is 11.0.